The van der Waals surface area contributed by atoms with Gasteiger partial charge in [0, 0.05) is 12.4 Å². The van der Waals surface area contributed by atoms with E-state index >= 15 is 0 Å². The molecule has 0 aromatic heterocycles. The Morgan fingerprint density at radius 2 is 1.09 bits per heavy atom. The second-order valence-corrected chi connectivity index (χ2v) is 6.92. The van der Waals surface area contributed by atoms with Gasteiger partial charge in [-0.25, -0.2) is 0 Å². The number of phenols is 1. The van der Waals surface area contributed by atoms with E-state index in [4.69, 9.17) is 0 Å². The highest BCUT2D eigenvalue weighted by molar-refractivity contribution is 5.96. The number of aryl methyl sites for hydroxylation is 2. The van der Waals surface area contributed by atoms with E-state index in [9.17, 15) is 5.11 Å². The zero-order chi connectivity index (χ0) is 25.2. The zero-order valence-electron chi connectivity index (χ0n) is 22.0. The molecule has 0 aliphatic heterocycles. The lowest BCUT2D eigenvalue weighted by Gasteiger charge is -2.09. The van der Waals surface area contributed by atoms with Crippen molar-refractivity contribution in [2.24, 2.45) is 10.2 Å². The van der Waals surface area contributed by atoms with E-state index in [2.05, 4.69) is 72.6 Å². The van der Waals surface area contributed by atoms with Gasteiger partial charge in [0.1, 0.15) is 5.69 Å². The third-order valence-electron chi connectivity index (χ3n) is 4.37. The van der Waals surface area contributed by atoms with Crippen LogP contribution in [0, 0.1) is 13.8 Å². The maximum absolute atomic E-state index is 10.2. The highest BCUT2D eigenvalue weighted by Gasteiger charge is 2.11. The molecule has 178 valence electrons. The normalized spacial score (nSPS) is 9.48. The maximum atomic E-state index is 10.2. The molecule has 0 saturated heterocycles. The van der Waals surface area contributed by atoms with Gasteiger partial charge in [0.2, 0.25) is 0 Å². The number of aromatic hydroxyl groups is 1. The summed E-state index contributed by atoms with van der Waals surface area (Å²) in [6, 6.07) is 24.7. The van der Waals surface area contributed by atoms with Crippen molar-refractivity contribution in [2.45, 2.75) is 61.8 Å². The Bertz CT molecular complexity index is 1040. The molecule has 3 nitrogen and oxygen atoms in total. The minimum atomic E-state index is 0.221. The number of benzene rings is 4. The van der Waals surface area contributed by atoms with Crippen LogP contribution in [0.4, 0.5) is 5.69 Å². The van der Waals surface area contributed by atoms with Crippen molar-refractivity contribution < 1.29 is 5.11 Å². The van der Waals surface area contributed by atoms with E-state index in [0.29, 0.717) is 5.69 Å². The Labute approximate surface area is 201 Å². The van der Waals surface area contributed by atoms with Crippen molar-refractivity contribution >= 4 is 27.2 Å². The minimum absolute atomic E-state index is 0.221. The number of azo groups is 1. The Hall–Kier alpha value is -3.20. The number of rotatable bonds is 1. The van der Waals surface area contributed by atoms with E-state index in [1.807, 2.05) is 65.8 Å². The van der Waals surface area contributed by atoms with Gasteiger partial charge in [0.15, 0.2) is 5.75 Å². The van der Waals surface area contributed by atoms with Gasteiger partial charge in [0.25, 0.3) is 0 Å². The van der Waals surface area contributed by atoms with Crippen molar-refractivity contribution in [1.29, 1.82) is 0 Å². The van der Waals surface area contributed by atoms with Crippen LogP contribution in [0.2, 0.25) is 0 Å². The summed E-state index contributed by atoms with van der Waals surface area (Å²) in [7, 11) is 1.60. The summed E-state index contributed by atoms with van der Waals surface area (Å²) in [5.74, 6) is 0.221. The van der Waals surface area contributed by atoms with Gasteiger partial charge in [-0.2, -0.15) is 10.2 Å². The van der Waals surface area contributed by atoms with Gasteiger partial charge >= 0.3 is 0 Å². The van der Waals surface area contributed by atoms with E-state index in [1.165, 1.54) is 17.2 Å². The number of phenolic OH excluding ortho intramolecular Hbond substituents is 1. The first-order chi connectivity index (χ1) is 16.0. The van der Waals surface area contributed by atoms with Crippen molar-refractivity contribution in [2.75, 3.05) is 7.05 Å². The van der Waals surface area contributed by atoms with Crippen LogP contribution in [0.25, 0.3) is 21.5 Å². The zero-order valence-corrected chi connectivity index (χ0v) is 22.0. The summed E-state index contributed by atoms with van der Waals surface area (Å²) in [6.45, 7) is 16.1. The van der Waals surface area contributed by atoms with Crippen LogP contribution >= 0.6 is 0 Å². The first kappa shape index (κ1) is 29.8. The molecule has 0 aliphatic carbocycles. The molecule has 33 heavy (non-hydrogen) atoms. The Morgan fingerprint density at radius 1 is 0.667 bits per heavy atom. The third kappa shape index (κ3) is 9.05. The summed E-state index contributed by atoms with van der Waals surface area (Å²) in [4.78, 5) is 0. The number of fused-ring (bicyclic) bond motifs is 2. The third-order valence-corrected chi connectivity index (χ3v) is 4.37. The van der Waals surface area contributed by atoms with Crippen molar-refractivity contribution in [3.8, 4) is 5.75 Å². The molecule has 3 heteroatoms. The molecule has 0 fully saturated rings. The molecule has 4 rings (SSSR count). The van der Waals surface area contributed by atoms with Crippen LogP contribution in [0.1, 0.15) is 59.1 Å². The first-order valence-corrected chi connectivity index (χ1v) is 12.0. The highest BCUT2D eigenvalue weighted by Crippen LogP contribution is 2.39. The Balaban J connectivity index is 0.000000515. The molecule has 0 saturated carbocycles. The standard InChI is InChI=1S/C13H14N2O.C10H8.C3H8.2C2H6/c1-8-5-4-6-10-7-9(2)12(15-14-3)13(16)11(8)10;1-2-6-10-8-4-3-7-9(10)5-1;1-3-2;2*1-2/h4-7,16H,1-3H3;1-8H;3H2,1-2H3;2*1-2H3. The monoisotopic (exact) mass is 446 g/mol. The van der Waals surface area contributed by atoms with Crippen LogP contribution in [-0.2, 0) is 0 Å². The van der Waals surface area contributed by atoms with Gasteiger partial charge in [0.05, 0.1) is 0 Å². The summed E-state index contributed by atoms with van der Waals surface area (Å²) in [5, 5.41) is 22.4. The summed E-state index contributed by atoms with van der Waals surface area (Å²) in [6.07, 6.45) is 1.25. The fourth-order valence-corrected chi connectivity index (χ4v) is 3.10. The Kier molecular flexibility index (Phi) is 15.7. The Morgan fingerprint density at radius 3 is 1.52 bits per heavy atom. The maximum Gasteiger partial charge on any atom is 0.151 e. The van der Waals surface area contributed by atoms with Crippen LogP contribution in [-0.4, -0.2) is 12.2 Å². The van der Waals surface area contributed by atoms with Crippen molar-refractivity contribution in [1.82, 2.24) is 0 Å². The molecule has 0 spiro atoms. The number of hydrogen-bond donors (Lipinski definition) is 1. The molecule has 0 bridgehead atoms. The molecular weight excluding hydrogens is 404 g/mol. The van der Waals surface area contributed by atoms with Gasteiger partial charge in [-0.1, -0.05) is 115 Å². The van der Waals surface area contributed by atoms with Crippen LogP contribution in [0.15, 0.2) is 83.0 Å². The molecule has 4 aromatic rings. The minimum Gasteiger partial charge on any atom is -0.505 e. The van der Waals surface area contributed by atoms with Crippen LogP contribution in [0.5, 0.6) is 5.75 Å². The van der Waals surface area contributed by atoms with Gasteiger partial charge < -0.3 is 5.11 Å². The van der Waals surface area contributed by atoms with Gasteiger partial charge in [-0.05, 0) is 47.2 Å². The predicted molar refractivity (Wildman–Crippen MR) is 148 cm³/mol. The molecule has 1 N–H and O–H groups in total. The predicted octanol–water partition coefficient (Wildman–Crippen LogP) is 10.2. The summed E-state index contributed by atoms with van der Waals surface area (Å²) < 4.78 is 0. The molecule has 0 atom stereocenters. The highest BCUT2D eigenvalue weighted by atomic mass is 16.3. The fraction of sp³-hybridized carbons (Fsp3) is 0.333. The average molecular weight is 447 g/mol. The topological polar surface area (TPSA) is 45.0 Å². The van der Waals surface area contributed by atoms with E-state index in [1.54, 1.807) is 7.05 Å². The van der Waals surface area contributed by atoms with Crippen LogP contribution in [0.3, 0.4) is 0 Å². The van der Waals surface area contributed by atoms with E-state index in [-0.39, 0.29) is 5.75 Å². The summed E-state index contributed by atoms with van der Waals surface area (Å²) in [5.41, 5.74) is 2.54. The molecule has 0 amide bonds. The lowest BCUT2D eigenvalue weighted by atomic mass is 10.0. The smallest absolute Gasteiger partial charge is 0.151 e. The van der Waals surface area contributed by atoms with E-state index in [0.717, 1.165) is 21.9 Å². The quantitative estimate of drug-likeness (QED) is 0.290. The van der Waals surface area contributed by atoms with Crippen LogP contribution < -0.4 is 0 Å². The van der Waals surface area contributed by atoms with Crippen molar-refractivity contribution in [3.63, 3.8) is 0 Å². The molecule has 0 unspecified atom stereocenters. The lowest BCUT2D eigenvalue weighted by molar-refractivity contribution is 0.482. The molecule has 0 radical (unpaired) electrons. The largest absolute Gasteiger partial charge is 0.505 e. The first-order valence-electron chi connectivity index (χ1n) is 12.0. The van der Waals surface area contributed by atoms with E-state index < -0.39 is 0 Å². The lowest BCUT2D eigenvalue weighted by Crippen LogP contribution is -1.83. The molecular formula is C30H42N2O. The second kappa shape index (κ2) is 17.4. The summed E-state index contributed by atoms with van der Waals surface area (Å²) >= 11 is 0. The SMILES string of the molecule is CC.CC.CCC.CN=Nc1c(C)cc2cccc(C)c2c1O.c1ccc2ccccc2c1. The fourth-order valence-electron chi connectivity index (χ4n) is 3.10. The van der Waals surface area contributed by atoms with Gasteiger partial charge in [-0.3, -0.25) is 0 Å². The molecule has 0 heterocycles. The van der Waals surface area contributed by atoms with Crippen molar-refractivity contribution in [3.05, 3.63) is 83.9 Å². The van der Waals surface area contributed by atoms with Gasteiger partial charge in [-0.15, -0.1) is 0 Å². The average Bonchev–Trinajstić information content (AvgIpc) is 2.85. The molecule has 4 aromatic carbocycles. The number of nitrogens with zero attached hydrogens (tertiary/aromatic N) is 2. The molecule has 0 aliphatic rings. The number of hydrogen-bond acceptors (Lipinski definition) is 3. The second-order valence-electron chi connectivity index (χ2n) is 6.92.